The van der Waals surface area contributed by atoms with E-state index in [9.17, 15) is 14.7 Å². The minimum atomic E-state index is -1.19. The van der Waals surface area contributed by atoms with Crippen molar-refractivity contribution >= 4 is 28.8 Å². The van der Waals surface area contributed by atoms with Crippen molar-refractivity contribution in [3.8, 4) is 0 Å². The van der Waals surface area contributed by atoms with Crippen molar-refractivity contribution < 1.29 is 14.7 Å². The molecule has 0 aromatic carbocycles. The lowest BCUT2D eigenvalue weighted by atomic mass is 10.3. The summed E-state index contributed by atoms with van der Waals surface area (Å²) in [4.78, 5) is 27.4. The van der Waals surface area contributed by atoms with Crippen molar-refractivity contribution in [3.05, 3.63) is 0 Å². The van der Waals surface area contributed by atoms with Gasteiger partial charge in [0.15, 0.2) is 5.17 Å². The zero-order valence-corrected chi connectivity index (χ0v) is 7.54. The number of amidine groups is 1. The lowest BCUT2D eigenvalue weighted by molar-refractivity contribution is -0.305. The monoisotopic (exact) mass is 199 g/mol. The number of hydrogen-bond acceptors (Lipinski definition) is 5. The summed E-state index contributed by atoms with van der Waals surface area (Å²) in [5.41, 5.74) is 0. The summed E-state index contributed by atoms with van der Waals surface area (Å²) < 4.78 is 0. The van der Waals surface area contributed by atoms with Crippen LogP contribution in [0.25, 0.3) is 0 Å². The van der Waals surface area contributed by atoms with E-state index in [2.05, 4.69) is 4.99 Å². The third-order valence-electron chi connectivity index (χ3n) is 1.94. The van der Waals surface area contributed by atoms with E-state index in [1.807, 2.05) is 0 Å². The fraction of sp³-hybridized carbons (Fsp3) is 0.571. The number of fused-ring (bicyclic) bond motifs is 1. The number of amides is 1. The topological polar surface area (TPSA) is 72.8 Å². The van der Waals surface area contributed by atoms with Crippen LogP contribution in [-0.4, -0.2) is 40.3 Å². The second kappa shape index (κ2) is 3.02. The molecular formula is C7H7N2O3S-. The van der Waals surface area contributed by atoms with E-state index in [4.69, 9.17) is 0 Å². The number of carbonyl (C=O) groups is 2. The van der Waals surface area contributed by atoms with Crippen LogP contribution in [0.3, 0.4) is 0 Å². The molecule has 1 amide bonds. The molecule has 0 aliphatic carbocycles. The highest BCUT2D eigenvalue weighted by atomic mass is 32.2. The molecule has 2 aliphatic rings. The van der Waals surface area contributed by atoms with Crippen LogP contribution >= 0.6 is 11.8 Å². The zero-order valence-electron chi connectivity index (χ0n) is 6.73. The maximum atomic E-state index is 11.5. The molecule has 2 aliphatic heterocycles. The summed E-state index contributed by atoms with van der Waals surface area (Å²) in [5, 5.41) is 10.4. The molecule has 5 nitrogen and oxygen atoms in total. The molecule has 0 spiro atoms. The molecule has 1 atom stereocenters. The van der Waals surface area contributed by atoms with Gasteiger partial charge in [-0.3, -0.25) is 14.7 Å². The predicted octanol–water partition coefficient (Wildman–Crippen LogP) is -1.56. The molecule has 2 heterocycles. The lowest BCUT2D eigenvalue weighted by Gasteiger charge is -2.09. The van der Waals surface area contributed by atoms with Crippen LogP contribution in [0.15, 0.2) is 4.99 Å². The van der Waals surface area contributed by atoms with Gasteiger partial charge >= 0.3 is 0 Å². The molecule has 0 N–H and O–H groups in total. The standard InChI is InChI=1S/C7H8N2O3S/c10-5(11)3-4-6(12)9-2-1-8-7(9)13-4/h4H,1-3H2,(H,10,11)/p-1/t4-/m1/s1. The highest BCUT2D eigenvalue weighted by Gasteiger charge is 2.39. The van der Waals surface area contributed by atoms with Gasteiger partial charge in [0, 0.05) is 18.9 Å². The van der Waals surface area contributed by atoms with Crippen LogP contribution < -0.4 is 5.11 Å². The Hall–Kier alpha value is -1.04. The molecule has 0 saturated carbocycles. The van der Waals surface area contributed by atoms with Crippen molar-refractivity contribution in [2.75, 3.05) is 13.1 Å². The maximum absolute atomic E-state index is 11.5. The first-order chi connectivity index (χ1) is 6.18. The van der Waals surface area contributed by atoms with Crippen molar-refractivity contribution in [1.29, 1.82) is 0 Å². The van der Waals surface area contributed by atoms with E-state index in [-0.39, 0.29) is 12.3 Å². The smallest absolute Gasteiger partial charge is 0.242 e. The van der Waals surface area contributed by atoms with Crippen LogP contribution in [0.1, 0.15) is 6.42 Å². The Kier molecular flexibility index (Phi) is 1.99. The molecule has 0 bridgehead atoms. The Morgan fingerprint density at radius 2 is 2.54 bits per heavy atom. The molecule has 0 aromatic heterocycles. The highest BCUT2D eigenvalue weighted by molar-refractivity contribution is 8.15. The largest absolute Gasteiger partial charge is 0.550 e. The van der Waals surface area contributed by atoms with Gasteiger partial charge in [0.1, 0.15) is 0 Å². The number of aliphatic carboxylic acids is 1. The SMILES string of the molecule is O=C([O-])C[C@H]1SC2=NCCN2C1=O. The number of carboxylic acids is 1. The first-order valence-corrected chi connectivity index (χ1v) is 4.79. The molecule has 70 valence electrons. The van der Waals surface area contributed by atoms with E-state index >= 15 is 0 Å². The third kappa shape index (κ3) is 1.41. The van der Waals surface area contributed by atoms with Gasteiger partial charge in [-0.15, -0.1) is 0 Å². The Labute approximate surface area is 78.8 Å². The molecule has 13 heavy (non-hydrogen) atoms. The number of thioether (sulfide) groups is 1. The van der Waals surface area contributed by atoms with Crippen LogP contribution in [0.4, 0.5) is 0 Å². The van der Waals surface area contributed by atoms with Crippen molar-refractivity contribution in [1.82, 2.24) is 4.90 Å². The summed E-state index contributed by atoms with van der Waals surface area (Å²) in [6, 6.07) is 0. The predicted molar refractivity (Wildman–Crippen MR) is 45.0 cm³/mol. The lowest BCUT2D eigenvalue weighted by Crippen LogP contribution is -2.34. The maximum Gasteiger partial charge on any atom is 0.242 e. The van der Waals surface area contributed by atoms with Crippen LogP contribution in [0, 0.1) is 0 Å². The average Bonchev–Trinajstić information content (AvgIpc) is 2.56. The molecule has 6 heteroatoms. The van der Waals surface area contributed by atoms with E-state index in [0.717, 1.165) is 0 Å². The van der Waals surface area contributed by atoms with Gasteiger partial charge in [0.05, 0.1) is 11.8 Å². The quantitative estimate of drug-likeness (QED) is 0.539. The fourth-order valence-corrected chi connectivity index (χ4v) is 2.54. The molecule has 2 rings (SSSR count). The summed E-state index contributed by atoms with van der Waals surface area (Å²) in [6.45, 7) is 1.22. The van der Waals surface area contributed by atoms with Gasteiger partial charge in [-0.25, -0.2) is 0 Å². The van der Waals surface area contributed by atoms with Gasteiger partial charge < -0.3 is 9.90 Å². The van der Waals surface area contributed by atoms with Gasteiger partial charge in [-0.05, 0) is 0 Å². The van der Waals surface area contributed by atoms with Gasteiger partial charge in [-0.2, -0.15) is 0 Å². The molecule has 0 radical (unpaired) electrons. The molecule has 1 saturated heterocycles. The minimum Gasteiger partial charge on any atom is -0.550 e. The van der Waals surface area contributed by atoms with Gasteiger partial charge in [0.2, 0.25) is 5.91 Å². The highest BCUT2D eigenvalue weighted by Crippen LogP contribution is 2.31. The summed E-state index contributed by atoms with van der Waals surface area (Å²) >= 11 is 1.22. The zero-order chi connectivity index (χ0) is 9.42. The second-order valence-corrected chi connectivity index (χ2v) is 4.01. The van der Waals surface area contributed by atoms with E-state index in [1.54, 1.807) is 0 Å². The van der Waals surface area contributed by atoms with Crippen molar-refractivity contribution in [3.63, 3.8) is 0 Å². The van der Waals surface area contributed by atoms with Gasteiger partial charge in [-0.1, -0.05) is 11.8 Å². The normalized spacial score (nSPS) is 26.2. The number of rotatable bonds is 2. The number of nitrogens with zero attached hydrogens (tertiary/aromatic N) is 2. The van der Waals surface area contributed by atoms with Crippen molar-refractivity contribution in [2.24, 2.45) is 4.99 Å². The third-order valence-corrected chi connectivity index (χ3v) is 3.16. The second-order valence-electron chi connectivity index (χ2n) is 2.84. The average molecular weight is 199 g/mol. The van der Waals surface area contributed by atoms with E-state index in [0.29, 0.717) is 18.3 Å². The van der Waals surface area contributed by atoms with E-state index in [1.165, 1.54) is 16.7 Å². The van der Waals surface area contributed by atoms with Gasteiger partial charge in [0.25, 0.3) is 0 Å². The fourth-order valence-electron chi connectivity index (χ4n) is 1.36. The number of carbonyl (C=O) groups excluding carboxylic acids is 2. The number of carboxylic acid groups (broad SMARTS) is 1. The Morgan fingerprint density at radius 1 is 1.77 bits per heavy atom. The Balaban J connectivity index is 2.10. The van der Waals surface area contributed by atoms with Crippen LogP contribution in [-0.2, 0) is 9.59 Å². The first-order valence-electron chi connectivity index (χ1n) is 3.91. The number of aliphatic imine (C=N–C) groups is 1. The minimum absolute atomic E-state index is 0.148. The van der Waals surface area contributed by atoms with Crippen LogP contribution in [0.2, 0.25) is 0 Å². The Bertz CT molecular complexity index is 302. The number of hydrogen-bond donors (Lipinski definition) is 0. The summed E-state index contributed by atoms with van der Waals surface area (Å²) in [7, 11) is 0. The molecule has 0 unspecified atom stereocenters. The molecular weight excluding hydrogens is 192 g/mol. The molecule has 1 fully saturated rings. The van der Waals surface area contributed by atoms with Crippen LogP contribution in [0.5, 0.6) is 0 Å². The summed E-state index contributed by atoms with van der Waals surface area (Å²) in [6.07, 6.45) is -0.223. The first kappa shape index (κ1) is 8.55. The van der Waals surface area contributed by atoms with Crippen molar-refractivity contribution in [2.45, 2.75) is 11.7 Å². The summed E-state index contributed by atoms with van der Waals surface area (Å²) in [5.74, 6) is -1.34. The van der Waals surface area contributed by atoms with E-state index < -0.39 is 11.2 Å². The Morgan fingerprint density at radius 3 is 3.15 bits per heavy atom. The molecule has 0 aromatic rings.